The highest BCUT2D eigenvalue weighted by molar-refractivity contribution is 6.32. The van der Waals surface area contributed by atoms with Crippen LogP contribution in [-0.2, 0) is 0 Å². The molecule has 144 valence electrons. The number of benzene rings is 3. The number of halogens is 1. The van der Waals surface area contributed by atoms with E-state index in [1.807, 2.05) is 38.1 Å². The van der Waals surface area contributed by atoms with Gasteiger partial charge in [-0.2, -0.15) is 0 Å². The molecule has 0 aliphatic heterocycles. The summed E-state index contributed by atoms with van der Waals surface area (Å²) >= 11 is 6.19. The highest BCUT2D eigenvalue weighted by Gasteiger charge is 2.19. The Hall–Kier alpha value is -3.51. The summed E-state index contributed by atoms with van der Waals surface area (Å²) in [7, 11) is 0. The lowest BCUT2D eigenvalue weighted by molar-refractivity contribution is -0.385. The van der Waals surface area contributed by atoms with Gasteiger partial charge in [-0.15, -0.1) is 0 Å². The number of nitrogens with zero attached hydrogens (tertiary/aromatic N) is 3. The highest BCUT2D eigenvalue weighted by atomic mass is 35.5. The Balaban J connectivity index is 1.74. The molecule has 0 saturated carbocycles. The van der Waals surface area contributed by atoms with Crippen LogP contribution in [-0.4, -0.2) is 14.9 Å². The van der Waals surface area contributed by atoms with Crippen LogP contribution in [0.25, 0.3) is 22.3 Å². The van der Waals surface area contributed by atoms with Crippen LogP contribution in [0, 0.1) is 24.0 Å². The highest BCUT2D eigenvalue weighted by Crippen LogP contribution is 2.36. The van der Waals surface area contributed by atoms with E-state index in [0.29, 0.717) is 22.0 Å². The van der Waals surface area contributed by atoms with E-state index < -0.39 is 4.92 Å². The van der Waals surface area contributed by atoms with Crippen LogP contribution in [0.3, 0.4) is 0 Å². The maximum atomic E-state index is 11.7. The van der Waals surface area contributed by atoms with Gasteiger partial charge in [0, 0.05) is 16.7 Å². The zero-order valence-electron chi connectivity index (χ0n) is 15.7. The van der Waals surface area contributed by atoms with Crippen molar-refractivity contribution in [1.82, 2.24) is 9.97 Å². The second-order valence-corrected chi connectivity index (χ2v) is 7.03. The zero-order chi connectivity index (χ0) is 20.5. The number of hydrogen-bond acceptors (Lipinski definition) is 5. The Labute approximate surface area is 171 Å². The van der Waals surface area contributed by atoms with Gasteiger partial charge in [-0.3, -0.25) is 15.1 Å². The lowest BCUT2D eigenvalue weighted by atomic mass is 10.1. The van der Waals surface area contributed by atoms with Crippen molar-refractivity contribution in [3.8, 4) is 22.8 Å². The molecule has 0 radical (unpaired) electrons. The number of fused-ring (bicyclic) bond motifs is 1. The molecule has 0 amide bonds. The van der Waals surface area contributed by atoms with Crippen LogP contribution in [0.15, 0.2) is 60.8 Å². The van der Waals surface area contributed by atoms with Crippen LogP contribution in [0.4, 0.5) is 5.69 Å². The first kappa shape index (κ1) is 18.8. The smallest absolute Gasteiger partial charge is 0.312 e. The van der Waals surface area contributed by atoms with Gasteiger partial charge in [-0.25, -0.2) is 4.98 Å². The largest absolute Gasteiger partial charge is 0.450 e. The predicted molar refractivity (Wildman–Crippen MR) is 113 cm³/mol. The first-order valence-corrected chi connectivity index (χ1v) is 9.25. The van der Waals surface area contributed by atoms with Gasteiger partial charge in [0.2, 0.25) is 5.75 Å². The lowest BCUT2D eigenvalue weighted by Gasteiger charge is -2.11. The molecule has 0 unspecified atom stereocenters. The fourth-order valence-corrected chi connectivity index (χ4v) is 3.20. The summed E-state index contributed by atoms with van der Waals surface area (Å²) in [4.78, 5) is 20.1. The number of ether oxygens (including phenoxy) is 1. The van der Waals surface area contributed by atoms with Crippen LogP contribution >= 0.6 is 11.6 Å². The number of nitro benzene ring substituents is 1. The van der Waals surface area contributed by atoms with Crippen LogP contribution < -0.4 is 4.74 Å². The normalized spacial score (nSPS) is 10.9. The summed E-state index contributed by atoms with van der Waals surface area (Å²) in [6, 6.07) is 15.7. The van der Waals surface area contributed by atoms with Gasteiger partial charge in [-0.05, 0) is 61.4 Å². The van der Waals surface area contributed by atoms with E-state index in [1.165, 1.54) is 6.07 Å². The van der Waals surface area contributed by atoms with E-state index in [-0.39, 0.29) is 11.4 Å². The van der Waals surface area contributed by atoms with Crippen molar-refractivity contribution in [2.24, 2.45) is 0 Å². The maximum absolute atomic E-state index is 11.7. The number of rotatable bonds is 4. The summed E-state index contributed by atoms with van der Waals surface area (Å²) in [5.41, 5.74) is 4.16. The molecule has 0 aliphatic carbocycles. The molecule has 0 N–H and O–H groups in total. The quantitative estimate of drug-likeness (QED) is 0.295. The Bertz CT molecular complexity index is 1230. The number of hydrogen-bond donors (Lipinski definition) is 0. The third-order valence-electron chi connectivity index (χ3n) is 4.54. The van der Waals surface area contributed by atoms with E-state index in [9.17, 15) is 10.1 Å². The van der Waals surface area contributed by atoms with Gasteiger partial charge in [0.15, 0.2) is 0 Å². The molecule has 0 spiro atoms. The van der Waals surface area contributed by atoms with Crippen molar-refractivity contribution in [3.05, 3.63) is 87.1 Å². The number of para-hydroxylation sites is 2. The topological polar surface area (TPSA) is 78.2 Å². The molecule has 4 rings (SSSR count). The van der Waals surface area contributed by atoms with E-state index in [4.69, 9.17) is 16.3 Å². The van der Waals surface area contributed by atoms with Crippen molar-refractivity contribution in [1.29, 1.82) is 0 Å². The van der Waals surface area contributed by atoms with Gasteiger partial charge in [-0.1, -0.05) is 23.7 Å². The minimum atomic E-state index is -0.469. The minimum Gasteiger partial charge on any atom is -0.450 e. The summed E-state index contributed by atoms with van der Waals surface area (Å²) in [6.07, 6.45) is 1.60. The average Bonchev–Trinajstić information content (AvgIpc) is 2.71. The predicted octanol–water partition coefficient (Wildman–Crippen LogP) is 6.27. The van der Waals surface area contributed by atoms with E-state index >= 15 is 0 Å². The average molecular weight is 406 g/mol. The first-order chi connectivity index (χ1) is 13.9. The van der Waals surface area contributed by atoms with E-state index in [2.05, 4.69) is 9.97 Å². The Morgan fingerprint density at radius 2 is 1.69 bits per heavy atom. The fourth-order valence-electron chi connectivity index (χ4n) is 3.09. The Morgan fingerprint density at radius 3 is 2.38 bits per heavy atom. The van der Waals surface area contributed by atoms with Crippen LogP contribution in [0.5, 0.6) is 11.5 Å². The molecule has 0 bridgehead atoms. The van der Waals surface area contributed by atoms with E-state index in [0.717, 1.165) is 22.2 Å². The standard InChI is InChI=1S/C22H16ClN3O3/c1-13-9-16(10-14(2)22(13)23)29-21-8-7-15(11-20(21)26(27)28)19-12-24-17-5-3-4-6-18(17)25-19/h3-12H,1-2H3. The molecular weight excluding hydrogens is 390 g/mol. The maximum Gasteiger partial charge on any atom is 0.312 e. The Morgan fingerprint density at radius 1 is 1.00 bits per heavy atom. The number of aromatic nitrogens is 2. The first-order valence-electron chi connectivity index (χ1n) is 8.87. The number of aryl methyl sites for hydroxylation is 2. The summed E-state index contributed by atoms with van der Waals surface area (Å²) < 4.78 is 5.81. The van der Waals surface area contributed by atoms with Crippen molar-refractivity contribution >= 4 is 28.3 Å². The lowest BCUT2D eigenvalue weighted by Crippen LogP contribution is -1.96. The van der Waals surface area contributed by atoms with Gasteiger partial charge in [0.05, 0.1) is 27.8 Å². The van der Waals surface area contributed by atoms with Gasteiger partial charge >= 0.3 is 5.69 Å². The summed E-state index contributed by atoms with van der Waals surface area (Å²) in [5.74, 6) is 0.638. The molecule has 6 nitrogen and oxygen atoms in total. The number of nitro groups is 1. The van der Waals surface area contributed by atoms with E-state index in [1.54, 1.807) is 30.5 Å². The molecule has 4 aromatic rings. The molecule has 0 fully saturated rings. The zero-order valence-corrected chi connectivity index (χ0v) is 16.5. The monoisotopic (exact) mass is 405 g/mol. The molecule has 29 heavy (non-hydrogen) atoms. The SMILES string of the molecule is Cc1cc(Oc2ccc(-c3cnc4ccccc4n3)cc2[N+](=O)[O-])cc(C)c1Cl. The fraction of sp³-hybridized carbons (Fsp3) is 0.0909. The van der Waals surface area contributed by atoms with Crippen LogP contribution in [0.1, 0.15) is 11.1 Å². The third-order valence-corrected chi connectivity index (χ3v) is 5.13. The molecule has 7 heteroatoms. The van der Waals surface area contributed by atoms with Crippen LogP contribution in [0.2, 0.25) is 5.02 Å². The molecule has 1 aromatic heterocycles. The van der Waals surface area contributed by atoms with Gasteiger partial charge in [0.25, 0.3) is 0 Å². The molecular formula is C22H16ClN3O3. The second-order valence-electron chi connectivity index (χ2n) is 6.66. The summed E-state index contributed by atoms with van der Waals surface area (Å²) in [6.45, 7) is 3.72. The van der Waals surface area contributed by atoms with Crippen molar-refractivity contribution in [2.45, 2.75) is 13.8 Å². The van der Waals surface area contributed by atoms with Crippen molar-refractivity contribution in [3.63, 3.8) is 0 Å². The Kier molecular flexibility index (Phi) is 4.86. The molecule has 0 saturated heterocycles. The van der Waals surface area contributed by atoms with Gasteiger partial charge in [0.1, 0.15) is 5.75 Å². The van der Waals surface area contributed by atoms with Gasteiger partial charge < -0.3 is 4.74 Å². The van der Waals surface area contributed by atoms with Crippen molar-refractivity contribution in [2.75, 3.05) is 0 Å². The molecule has 1 heterocycles. The van der Waals surface area contributed by atoms with Crippen molar-refractivity contribution < 1.29 is 9.66 Å². The molecule has 0 atom stereocenters. The second kappa shape index (κ2) is 7.48. The summed E-state index contributed by atoms with van der Waals surface area (Å²) in [5, 5.41) is 12.3. The third kappa shape index (κ3) is 3.75. The minimum absolute atomic E-state index is 0.147. The molecule has 0 aliphatic rings. The molecule has 3 aromatic carbocycles.